The summed E-state index contributed by atoms with van der Waals surface area (Å²) in [5.41, 5.74) is 4.09. The Morgan fingerprint density at radius 3 is 2.69 bits per heavy atom. The first-order valence-corrected chi connectivity index (χ1v) is 9.13. The van der Waals surface area contributed by atoms with Gasteiger partial charge in [0, 0.05) is 10.9 Å². The van der Waals surface area contributed by atoms with Crippen LogP contribution in [0.2, 0.25) is 0 Å². The lowest BCUT2D eigenvalue weighted by Crippen LogP contribution is -2.04. The monoisotopic (exact) mass is 362 g/mol. The van der Waals surface area contributed by atoms with Gasteiger partial charge >= 0.3 is 0 Å². The molecule has 0 unspecified atom stereocenters. The molecule has 0 saturated carbocycles. The normalized spacial score (nSPS) is 10.5. The molecule has 5 heteroatoms. The number of Topliss-reactive ketones (excluding diaryl/α,β-unsaturated/α-hetero) is 1. The fourth-order valence-electron chi connectivity index (χ4n) is 2.72. The molecule has 0 aliphatic rings. The van der Waals surface area contributed by atoms with E-state index < -0.39 is 0 Å². The highest BCUT2D eigenvalue weighted by molar-refractivity contribution is 8.00. The maximum atomic E-state index is 12.5. The Labute approximate surface area is 156 Å². The molecule has 0 N–H and O–H groups in total. The number of carbonyl (C=O) groups excluding carboxylic acids is 1. The largest absolute Gasteiger partial charge is 0.497 e. The molecule has 1 heterocycles. The molecule has 1 aromatic heterocycles. The number of pyridine rings is 1. The van der Waals surface area contributed by atoms with Crippen LogP contribution in [0, 0.1) is 25.2 Å². The van der Waals surface area contributed by atoms with E-state index in [0.29, 0.717) is 21.9 Å². The van der Waals surface area contributed by atoms with Crippen LogP contribution in [0.3, 0.4) is 0 Å². The molecule has 0 aliphatic heterocycles. The molecule has 26 heavy (non-hydrogen) atoms. The maximum absolute atomic E-state index is 12.5. The Bertz CT molecular complexity index is 1040. The SMILES string of the molecule is COc1cccc(C(=O)CSc2nc3c(C)ccc(C)c3cc2C#N)c1. The van der Waals surface area contributed by atoms with Gasteiger partial charge in [-0.3, -0.25) is 4.79 Å². The number of hydrogen-bond donors (Lipinski definition) is 0. The topological polar surface area (TPSA) is 63.0 Å². The van der Waals surface area contributed by atoms with Gasteiger partial charge in [-0.25, -0.2) is 4.98 Å². The van der Waals surface area contributed by atoms with E-state index in [4.69, 9.17) is 4.74 Å². The molecule has 0 bridgehead atoms. The Morgan fingerprint density at radius 2 is 1.96 bits per heavy atom. The summed E-state index contributed by atoms with van der Waals surface area (Å²) in [6.07, 6.45) is 0. The first kappa shape index (κ1) is 18.0. The molecule has 3 aromatic rings. The molecule has 130 valence electrons. The average molecular weight is 362 g/mol. The minimum absolute atomic E-state index is 0.0272. The summed E-state index contributed by atoms with van der Waals surface area (Å²) in [7, 11) is 1.57. The molecular weight excluding hydrogens is 344 g/mol. The summed E-state index contributed by atoms with van der Waals surface area (Å²) in [5.74, 6) is 0.833. The van der Waals surface area contributed by atoms with Crippen LogP contribution in [0.5, 0.6) is 5.75 Å². The Hall–Kier alpha value is -2.84. The van der Waals surface area contributed by atoms with E-state index in [0.717, 1.165) is 22.0 Å². The van der Waals surface area contributed by atoms with E-state index in [1.165, 1.54) is 11.8 Å². The Morgan fingerprint density at radius 1 is 1.19 bits per heavy atom. The number of benzene rings is 2. The summed E-state index contributed by atoms with van der Waals surface area (Å²) in [6, 6.07) is 15.2. The van der Waals surface area contributed by atoms with Crippen LogP contribution < -0.4 is 4.74 Å². The molecule has 0 saturated heterocycles. The zero-order valence-electron chi connectivity index (χ0n) is 14.9. The van der Waals surface area contributed by atoms with E-state index in [1.54, 1.807) is 31.4 Å². The number of aryl methyl sites for hydroxylation is 2. The molecule has 2 aromatic carbocycles. The predicted molar refractivity (Wildman–Crippen MR) is 104 cm³/mol. The minimum Gasteiger partial charge on any atom is -0.497 e. The average Bonchev–Trinajstić information content (AvgIpc) is 2.68. The summed E-state index contributed by atoms with van der Waals surface area (Å²) in [5, 5.41) is 11.0. The molecule has 0 aliphatic carbocycles. The molecule has 0 amide bonds. The van der Waals surface area contributed by atoms with Crippen molar-refractivity contribution in [3.63, 3.8) is 0 Å². The molecule has 0 fully saturated rings. The number of carbonyl (C=O) groups is 1. The van der Waals surface area contributed by atoms with E-state index in [2.05, 4.69) is 11.1 Å². The molecule has 0 radical (unpaired) electrons. The molecule has 0 spiro atoms. The molecule has 3 rings (SSSR count). The van der Waals surface area contributed by atoms with Crippen molar-refractivity contribution >= 4 is 28.4 Å². The fraction of sp³-hybridized carbons (Fsp3) is 0.190. The Kier molecular flexibility index (Phi) is 5.24. The zero-order valence-corrected chi connectivity index (χ0v) is 15.7. The van der Waals surface area contributed by atoms with Crippen molar-refractivity contribution in [2.45, 2.75) is 18.9 Å². The summed E-state index contributed by atoms with van der Waals surface area (Å²) < 4.78 is 5.16. The van der Waals surface area contributed by atoms with E-state index in [9.17, 15) is 10.1 Å². The maximum Gasteiger partial charge on any atom is 0.173 e. The van der Waals surface area contributed by atoms with Crippen LogP contribution in [0.4, 0.5) is 0 Å². The zero-order chi connectivity index (χ0) is 18.7. The standard InChI is InChI=1S/C21H18N2O2S/c1-13-7-8-14(2)20-18(13)10-16(11-22)21(23-20)26-12-19(24)15-5-4-6-17(9-15)25-3/h4-10H,12H2,1-3H3. The first-order valence-electron chi connectivity index (χ1n) is 8.14. The highest BCUT2D eigenvalue weighted by Gasteiger charge is 2.14. The lowest BCUT2D eigenvalue weighted by atomic mass is 10.0. The number of ketones is 1. The van der Waals surface area contributed by atoms with Crippen LogP contribution in [0.25, 0.3) is 10.9 Å². The van der Waals surface area contributed by atoms with Crippen molar-refractivity contribution in [1.29, 1.82) is 5.26 Å². The van der Waals surface area contributed by atoms with Crippen molar-refractivity contribution in [2.75, 3.05) is 12.9 Å². The van der Waals surface area contributed by atoms with Gasteiger partial charge in [0.2, 0.25) is 0 Å². The van der Waals surface area contributed by atoms with Crippen LogP contribution >= 0.6 is 11.8 Å². The summed E-state index contributed by atoms with van der Waals surface area (Å²) in [4.78, 5) is 17.2. The number of methoxy groups -OCH3 is 1. The second-order valence-corrected chi connectivity index (χ2v) is 6.96. The lowest BCUT2D eigenvalue weighted by Gasteiger charge is -2.09. The predicted octanol–water partition coefficient (Wildman–Crippen LogP) is 4.71. The highest BCUT2D eigenvalue weighted by Crippen LogP contribution is 2.28. The third kappa shape index (κ3) is 3.56. The van der Waals surface area contributed by atoms with Gasteiger partial charge in [-0.05, 0) is 43.2 Å². The van der Waals surface area contributed by atoms with Crippen molar-refractivity contribution in [2.24, 2.45) is 0 Å². The van der Waals surface area contributed by atoms with Crippen molar-refractivity contribution < 1.29 is 9.53 Å². The molecular formula is C21H18N2O2S. The van der Waals surface area contributed by atoms with E-state index in [-0.39, 0.29) is 11.5 Å². The van der Waals surface area contributed by atoms with Gasteiger partial charge in [-0.2, -0.15) is 5.26 Å². The molecule has 0 atom stereocenters. The van der Waals surface area contributed by atoms with Crippen LogP contribution in [0.1, 0.15) is 27.0 Å². The first-order chi connectivity index (χ1) is 12.5. The number of rotatable bonds is 5. The summed E-state index contributed by atoms with van der Waals surface area (Å²) in [6.45, 7) is 4.00. The van der Waals surface area contributed by atoms with Crippen molar-refractivity contribution in [1.82, 2.24) is 4.98 Å². The Balaban J connectivity index is 1.89. The van der Waals surface area contributed by atoms with E-state index in [1.807, 2.05) is 32.0 Å². The second kappa shape index (κ2) is 7.59. The number of nitrogens with zero attached hydrogens (tertiary/aromatic N) is 2. The highest BCUT2D eigenvalue weighted by atomic mass is 32.2. The third-order valence-corrected chi connectivity index (χ3v) is 5.21. The van der Waals surface area contributed by atoms with Crippen LogP contribution in [-0.4, -0.2) is 23.6 Å². The molecule has 4 nitrogen and oxygen atoms in total. The number of thioether (sulfide) groups is 1. The van der Waals surface area contributed by atoms with E-state index >= 15 is 0 Å². The smallest absolute Gasteiger partial charge is 0.173 e. The number of fused-ring (bicyclic) bond motifs is 1. The fourth-order valence-corrected chi connectivity index (χ4v) is 3.57. The van der Waals surface area contributed by atoms with Gasteiger partial charge < -0.3 is 4.74 Å². The van der Waals surface area contributed by atoms with Gasteiger partial charge in [0.15, 0.2) is 5.78 Å². The van der Waals surface area contributed by atoms with Crippen LogP contribution in [0.15, 0.2) is 47.5 Å². The lowest BCUT2D eigenvalue weighted by molar-refractivity contribution is 0.102. The minimum atomic E-state index is -0.0272. The number of hydrogen-bond acceptors (Lipinski definition) is 5. The quantitative estimate of drug-likeness (QED) is 0.486. The second-order valence-electron chi connectivity index (χ2n) is 5.99. The van der Waals surface area contributed by atoms with Gasteiger partial charge in [0.1, 0.15) is 16.8 Å². The van der Waals surface area contributed by atoms with Gasteiger partial charge in [0.05, 0.1) is 23.9 Å². The van der Waals surface area contributed by atoms with Crippen LogP contribution in [-0.2, 0) is 0 Å². The number of ether oxygens (including phenoxy) is 1. The summed E-state index contributed by atoms with van der Waals surface area (Å²) >= 11 is 1.29. The third-order valence-electron chi connectivity index (χ3n) is 4.22. The number of aromatic nitrogens is 1. The van der Waals surface area contributed by atoms with Crippen molar-refractivity contribution in [3.05, 3.63) is 64.7 Å². The van der Waals surface area contributed by atoms with Gasteiger partial charge in [0.25, 0.3) is 0 Å². The number of nitriles is 1. The van der Waals surface area contributed by atoms with Crippen molar-refractivity contribution in [3.8, 4) is 11.8 Å². The van der Waals surface area contributed by atoms with Gasteiger partial charge in [-0.1, -0.05) is 36.0 Å². The van der Waals surface area contributed by atoms with Gasteiger partial charge in [-0.15, -0.1) is 0 Å².